The van der Waals surface area contributed by atoms with E-state index >= 15 is 0 Å². The number of rotatable bonds is 1. The second-order valence-corrected chi connectivity index (χ2v) is 6.89. The SMILES string of the molecule is CC1CCC(O)(C2(N)CC(C)(C)C2)CC1. The first-order chi connectivity index (χ1) is 6.77. The molecule has 0 aromatic heterocycles. The highest BCUT2D eigenvalue weighted by Crippen LogP contribution is 2.55. The monoisotopic (exact) mass is 211 g/mol. The van der Waals surface area contributed by atoms with E-state index in [4.69, 9.17) is 5.73 Å². The molecule has 2 aliphatic rings. The number of nitrogens with two attached hydrogens (primary N) is 1. The first-order valence-electron chi connectivity index (χ1n) is 6.28. The molecule has 0 spiro atoms. The maximum Gasteiger partial charge on any atom is 0.0826 e. The van der Waals surface area contributed by atoms with E-state index in [1.165, 1.54) is 0 Å². The first-order valence-corrected chi connectivity index (χ1v) is 6.28. The van der Waals surface area contributed by atoms with Gasteiger partial charge in [0.25, 0.3) is 0 Å². The van der Waals surface area contributed by atoms with Crippen molar-refractivity contribution in [2.24, 2.45) is 17.1 Å². The lowest BCUT2D eigenvalue weighted by molar-refractivity contribution is -0.138. The number of hydrogen-bond acceptors (Lipinski definition) is 2. The van der Waals surface area contributed by atoms with Crippen LogP contribution >= 0.6 is 0 Å². The molecule has 0 radical (unpaired) electrons. The van der Waals surface area contributed by atoms with Gasteiger partial charge in [0.05, 0.1) is 5.60 Å². The average Bonchev–Trinajstić information content (AvgIpc) is 2.07. The van der Waals surface area contributed by atoms with Crippen molar-refractivity contribution in [3.63, 3.8) is 0 Å². The summed E-state index contributed by atoms with van der Waals surface area (Å²) in [6.45, 7) is 6.76. The maximum atomic E-state index is 10.7. The van der Waals surface area contributed by atoms with Crippen molar-refractivity contribution in [2.45, 2.75) is 70.4 Å². The highest BCUT2D eigenvalue weighted by Gasteiger charge is 2.58. The van der Waals surface area contributed by atoms with E-state index in [-0.39, 0.29) is 5.54 Å². The van der Waals surface area contributed by atoms with Crippen LogP contribution in [0.1, 0.15) is 59.3 Å². The molecule has 2 nitrogen and oxygen atoms in total. The first kappa shape index (κ1) is 11.4. The molecule has 0 aromatic carbocycles. The summed E-state index contributed by atoms with van der Waals surface area (Å²) in [7, 11) is 0. The van der Waals surface area contributed by atoms with Crippen LogP contribution in [0.4, 0.5) is 0 Å². The van der Waals surface area contributed by atoms with Crippen molar-refractivity contribution in [1.29, 1.82) is 0 Å². The van der Waals surface area contributed by atoms with Gasteiger partial charge >= 0.3 is 0 Å². The zero-order chi connectivity index (χ0) is 11.3. The average molecular weight is 211 g/mol. The number of aliphatic hydroxyl groups is 1. The van der Waals surface area contributed by atoms with E-state index in [1.54, 1.807) is 0 Å². The van der Waals surface area contributed by atoms with E-state index in [9.17, 15) is 5.11 Å². The minimum Gasteiger partial charge on any atom is -0.388 e. The normalized spacial score (nSPS) is 43.4. The predicted octanol–water partition coefficient (Wildman–Crippen LogP) is 2.45. The van der Waals surface area contributed by atoms with E-state index in [0.717, 1.165) is 44.4 Å². The smallest absolute Gasteiger partial charge is 0.0826 e. The molecule has 2 fully saturated rings. The standard InChI is InChI=1S/C13H25NO/c1-10-4-6-13(15,7-5-10)12(14)8-11(2,3)9-12/h10,15H,4-9,14H2,1-3H3. The summed E-state index contributed by atoms with van der Waals surface area (Å²) in [5.41, 5.74) is 5.85. The molecule has 2 rings (SSSR count). The van der Waals surface area contributed by atoms with Crippen LogP contribution < -0.4 is 5.73 Å². The third-order valence-corrected chi connectivity index (χ3v) is 4.62. The van der Waals surface area contributed by atoms with Gasteiger partial charge in [-0.05, 0) is 49.9 Å². The molecule has 88 valence electrons. The lowest BCUT2D eigenvalue weighted by atomic mass is 9.51. The Labute approximate surface area is 93.2 Å². The minimum atomic E-state index is -0.574. The molecule has 0 heterocycles. The van der Waals surface area contributed by atoms with Gasteiger partial charge in [-0.25, -0.2) is 0 Å². The summed E-state index contributed by atoms with van der Waals surface area (Å²) in [5, 5.41) is 10.7. The van der Waals surface area contributed by atoms with Crippen molar-refractivity contribution in [2.75, 3.05) is 0 Å². The van der Waals surface area contributed by atoms with Crippen LogP contribution in [-0.4, -0.2) is 16.2 Å². The van der Waals surface area contributed by atoms with Crippen LogP contribution in [0.2, 0.25) is 0 Å². The Balaban J connectivity index is 2.04. The van der Waals surface area contributed by atoms with Gasteiger partial charge in [-0.2, -0.15) is 0 Å². The molecular formula is C13H25NO. The highest BCUT2D eigenvalue weighted by molar-refractivity contribution is 5.15. The van der Waals surface area contributed by atoms with E-state index in [1.807, 2.05) is 0 Å². The van der Waals surface area contributed by atoms with Crippen molar-refractivity contribution >= 4 is 0 Å². The Morgan fingerprint density at radius 2 is 1.60 bits per heavy atom. The fourth-order valence-corrected chi connectivity index (χ4v) is 3.72. The van der Waals surface area contributed by atoms with Gasteiger partial charge in [0.1, 0.15) is 0 Å². The van der Waals surface area contributed by atoms with Gasteiger partial charge in [-0.15, -0.1) is 0 Å². The zero-order valence-corrected chi connectivity index (χ0v) is 10.3. The molecule has 2 saturated carbocycles. The van der Waals surface area contributed by atoms with Gasteiger partial charge < -0.3 is 10.8 Å². The van der Waals surface area contributed by atoms with E-state index in [0.29, 0.717) is 5.41 Å². The quantitative estimate of drug-likeness (QED) is 0.700. The lowest BCUT2D eigenvalue weighted by Gasteiger charge is -2.60. The van der Waals surface area contributed by atoms with Crippen LogP contribution in [-0.2, 0) is 0 Å². The Kier molecular flexibility index (Phi) is 2.44. The highest BCUT2D eigenvalue weighted by atomic mass is 16.3. The summed E-state index contributed by atoms with van der Waals surface area (Å²) in [4.78, 5) is 0. The predicted molar refractivity (Wildman–Crippen MR) is 62.5 cm³/mol. The molecular weight excluding hydrogens is 186 g/mol. The molecule has 0 amide bonds. The summed E-state index contributed by atoms with van der Waals surface area (Å²) >= 11 is 0. The van der Waals surface area contributed by atoms with E-state index in [2.05, 4.69) is 20.8 Å². The van der Waals surface area contributed by atoms with Crippen LogP contribution in [0, 0.1) is 11.3 Å². The molecule has 0 aliphatic heterocycles. The van der Waals surface area contributed by atoms with Crippen molar-refractivity contribution in [3.05, 3.63) is 0 Å². The zero-order valence-electron chi connectivity index (χ0n) is 10.3. The fraction of sp³-hybridized carbons (Fsp3) is 1.00. The summed E-state index contributed by atoms with van der Waals surface area (Å²) in [5.74, 6) is 0.766. The molecule has 0 saturated heterocycles. The molecule has 0 atom stereocenters. The Hall–Kier alpha value is -0.0800. The van der Waals surface area contributed by atoms with Gasteiger partial charge in [-0.1, -0.05) is 20.8 Å². The molecule has 3 N–H and O–H groups in total. The maximum absolute atomic E-state index is 10.7. The van der Waals surface area contributed by atoms with E-state index < -0.39 is 5.60 Å². The Morgan fingerprint density at radius 3 is 2.00 bits per heavy atom. The molecule has 0 bridgehead atoms. The van der Waals surface area contributed by atoms with Gasteiger partial charge in [-0.3, -0.25) is 0 Å². The van der Waals surface area contributed by atoms with Crippen LogP contribution in [0.15, 0.2) is 0 Å². The third-order valence-electron chi connectivity index (χ3n) is 4.62. The van der Waals surface area contributed by atoms with Crippen molar-refractivity contribution in [1.82, 2.24) is 0 Å². The largest absolute Gasteiger partial charge is 0.388 e. The second kappa shape index (κ2) is 3.21. The molecule has 0 aromatic rings. The summed E-state index contributed by atoms with van der Waals surface area (Å²) in [6, 6.07) is 0. The molecule has 15 heavy (non-hydrogen) atoms. The van der Waals surface area contributed by atoms with Crippen LogP contribution in [0.5, 0.6) is 0 Å². The fourth-order valence-electron chi connectivity index (χ4n) is 3.72. The number of hydrogen-bond donors (Lipinski definition) is 2. The van der Waals surface area contributed by atoms with Crippen LogP contribution in [0.25, 0.3) is 0 Å². The third kappa shape index (κ3) is 1.83. The molecule has 2 heteroatoms. The molecule has 2 aliphatic carbocycles. The van der Waals surface area contributed by atoms with Crippen molar-refractivity contribution < 1.29 is 5.11 Å². The second-order valence-electron chi connectivity index (χ2n) is 6.89. The Bertz CT molecular complexity index is 243. The lowest BCUT2D eigenvalue weighted by Crippen LogP contribution is -2.70. The van der Waals surface area contributed by atoms with Gasteiger partial charge in [0.15, 0.2) is 0 Å². The summed E-state index contributed by atoms with van der Waals surface area (Å²) < 4.78 is 0. The topological polar surface area (TPSA) is 46.2 Å². The van der Waals surface area contributed by atoms with Gasteiger partial charge in [0, 0.05) is 5.54 Å². The molecule has 0 unspecified atom stereocenters. The van der Waals surface area contributed by atoms with Crippen molar-refractivity contribution in [3.8, 4) is 0 Å². The minimum absolute atomic E-state index is 0.295. The van der Waals surface area contributed by atoms with Gasteiger partial charge in [0.2, 0.25) is 0 Å². The Morgan fingerprint density at radius 1 is 1.13 bits per heavy atom. The van der Waals surface area contributed by atoms with Crippen LogP contribution in [0.3, 0.4) is 0 Å². The summed E-state index contributed by atoms with van der Waals surface area (Å²) in [6.07, 6.45) is 6.03.